The van der Waals surface area contributed by atoms with Gasteiger partial charge < -0.3 is 29.7 Å². The summed E-state index contributed by atoms with van der Waals surface area (Å²) in [5.74, 6) is -3.23. The average Bonchev–Trinajstić information content (AvgIpc) is 3.76. The summed E-state index contributed by atoms with van der Waals surface area (Å²) in [6.45, 7) is 9.92. The molecule has 2 aromatic carbocycles. The molecule has 10 nitrogen and oxygen atoms in total. The number of hydrogen-bond donors (Lipinski definition) is 2. The molecule has 0 aliphatic carbocycles. The molecular formula is C39H48ClN3O7. The van der Waals surface area contributed by atoms with Gasteiger partial charge >= 0.3 is 5.97 Å². The minimum Gasteiger partial charge on any atom is -0.455 e. The molecule has 3 fully saturated rings. The Morgan fingerprint density at radius 2 is 1.82 bits per heavy atom. The lowest BCUT2D eigenvalue weighted by atomic mass is 9.70. The number of ether oxygens (including phenoxy) is 2. The molecule has 3 aliphatic heterocycles. The third-order valence-corrected chi connectivity index (χ3v) is 10.4. The molecule has 3 saturated heterocycles. The number of hydrogen-bond acceptors (Lipinski definition) is 7. The lowest BCUT2D eigenvalue weighted by Gasteiger charge is -2.37. The fourth-order valence-corrected chi connectivity index (χ4v) is 7.97. The summed E-state index contributed by atoms with van der Waals surface area (Å²) in [7, 11) is 0. The molecule has 7 atom stereocenters. The summed E-state index contributed by atoms with van der Waals surface area (Å²) in [4.78, 5) is 59.4. The lowest BCUT2D eigenvalue weighted by Crippen LogP contribution is -2.56. The second-order valence-electron chi connectivity index (χ2n) is 13.4. The fourth-order valence-electron chi connectivity index (χ4n) is 7.85. The number of aliphatic hydroxyl groups is 1. The third-order valence-electron chi connectivity index (χ3n) is 10.1. The first-order valence-corrected chi connectivity index (χ1v) is 18.0. The van der Waals surface area contributed by atoms with E-state index in [9.17, 15) is 24.3 Å². The number of fused-ring (bicyclic) bond motifs is 1. The van der Waals surface area contributed by atoms with E-state index in [1.165, 1.54) is 0 Å². The van der Waals surface area contributed by atoms with Gasteiger partial charge in [-0.15, -0.1) is 13.2 Å². The van der Waals surface area contributed by atoms with E-state index in [-0.39, 0.29) is 37.3 Å². The van der Waals surface area contributed by atoms with Gasteiger partial charge in [-0.05, 0) is 68.9 Å². The molecule has 3 heterocycles. The largest absolute Gasteiger partial charge is 0.455 e. The number of esters is 1. The van der Waals surface area contributed by atoms with Crippen LogP contribution in [0.5, 0.6) is 0 Å². The number of anilines is 1. The van der Waals surface area contributed by atoms with Gasteiger partial charge in [-0.1, -0.05) is 66.9 Å². The minimum absolute atomic E-state index is 0.0899. The number of aliphatic hydroxyl groups excluding tert-OH is 1. The number of allylic oxidation sites excluding steroid dienone is 1. The highest BCUT2D eigenvalue weighted by Gasteiger charge is 2.75. The van der Waals surface area contributed by atoms with E-state index in [1.807, 2.05) is 30.3 Å². The number of halogens is 1. The quantitative estimate of drug-likeness (QED) is 0.119. The zero-order valence-corrected chi connectivity index (χ0v) is 29.4. The zero-order valence-electron chi connectivity index (χ0n) is 28.7. The van der Waals surface area contributed by atoms with Gasteiger partial charge in [0.15, 0.2) is 0 Å². The maximum atomic E-state index is 14.7. The van der Waals surface area contributed by atoms with Gasteiger partial charge in [-0.3, -0.25) is 19.2 Å². The van der Waals surface area contributed by atoms with Gasteiger partial charge in [0.1, 0.15) is 17.7 Å². The van der Waals surface area contributed by atoms with Crippen molar-refractivity contribution in [2.45, 2.75) is 88.2 Å². The first-order chi connectivity index (χ1) is 24.2. The Kier molecular flexibility index (Phi) is 12.5. The second-order valence-corrected chi connectivity index (χ2v) is 13.8. The van der Waals surface area contributed by atoms with Gasteiger partial charge in [-0.25, -0.2) is 0 Å². The number of benzene rings is 2. The van der Waals surface area contributed by atoms with Crippen molar-refractivity contribution in [1.29, 1.82) is 0 Å². The van der Waals surface area contributed by atoms with Crippen molar-refractivity contribution in [1.82, 2.24) is 10.2 Å². The number of likely N-dealkylation sites (tertiary alicyclic amines) is 1. The molecule has 0 unspecified atom stereocenters. The van der Waals surface area contributed by atoms with Crippen molar-refractivity contribution in [2.75, 3.05) is 24.6 Å². The van der Waals surface area contributed by atoms with Gasteiger partial charge in [0.05, 0.1) is 24.0 Å². The van der Waals surface area contributed by atoms with Gasteiger partial charge in [0.25, 0.3) is 5.91 Å². The van der Waals surface area contributed by atoms with Crippen molar-refractivity contribution in [3.63, 3.8) is 0 Å². The predicted molar refractivity (Wildman–Crippen MR) is 191 cm³/mol. The van der Waals surface area contributed by atoms with E-state index in [4.69, 9.17) is 21.1 Å². The highest BCUT2D eigenvalue weighted by atomic mass is 35.5. The van der Waals surface area contributed by atoms with E-state index in [0.717, 1.165) is 12.8 Å². The monoisotopic (exact) mass is 705 g/mol. The Hall–Kier alpha value is -3.99. The Balaban J connectivity index is 1.46. The number of rotatable bonds is 18. The van der Waals surface area contributed by atoms with Crippen LogP contribution in [-0.2, 0) is 28.7 Å². The first kappa shape index (κ1) is 37.3. The van der Waals surface area contributed by atoms with Crippen molar-refractivity contribution >= 4 is 41.0 Å². The Morgan fingerprint density at radius 3 is 2.50 bits per heavy atom. The Labute approximate surface area is 299 Å². The number of nitrogens with zero attached hydrogens (tertiary/aromatic N) is 2. The topological polar surface area (TPSA) is 125 Å². The van der Waals surface area contributed by atoms with Crippen LogP contribution in [0.15, 0.2) is 79.9 Å². The number of amides is 3. The molecule has 0 radical (unpaired) electrons. The third kappa shape index (κ3) is 7.67. The van der Waals surface area contributed by atoms with Crippen LogP contribution in [0.4, 0.5) is 5.69 Å². The summed E-state index contributed by atoms with van der Waals surface area (Å²) in [6.07, 6.45) is 6.41. The number of carbonyl (C=O) groups excluding carboxylic acids is 4. The van der Waals surface area contributed by atoms with Crippen LogP contribution in [-0.4, -0.2) is 77.2 Å². The number of unbranched alkanes of at least 4 members (excludes halogenated alkanes) is 3. The maximum absolute atomic E-state index is 14.7. The van der Waals surface area contributed by atoms with E-state index >= 15 is 0 Å². The first-order valence-electron chi connectivity index (χ1n) is 17.6. The van der Waals surface area contributed by atoms with Gasteiger partial charge in [0.2, 0.25) is 11.8 Å². The highest BCUT2D eigenvalue weighted by Crippen LogP contribution is 2.59. The van der Waals surface area contributed by atoms with Crippen LogP contribution in [0, 0.1) is 11.8 Å². The molecule has 0 aromatic heterocycles. The zero-order chi connectivity index (χ0) is 35.8. The van der Waals surface area contributed by atoms with Crippen LogP contribution in [0.25, 0.3) is 0 Å². The summed E-state index contributed by atoms with van der Waals surface area (Å²) in [5, 5.41) is 12.7. The van der Waals surface area contributed by atoms with E-state index in [1.54, 1.807) is 53.1 Å². The molecule has 11 heteroatoms. The summed E-state index contributed by atoms with van der Waals surface area (Å²) in [6, 6.07) is 14.6. The molecule has 50 heavy (non-hydrogen) atoms. The van der Waals surface area contributed by atoms with E-state index in [0.29, 0.717) is 54.9 Å². The van der Waals surface area contributed by atoms with Crippen LogP contribution >= 0.6 is 11.6 Å². The maximum Gasteiger partial charge on any atom is 0.313 e. The molecular weight excluding hydrogens is 658 g/mol. The Bertz CT molecular complexity index is 1540. The van der Waals surface area contributed by atoms with E-state index in [2.05, 4.69) is 18.5 Å². The predicted octanol–water partition coefficient (Wildman–Crippen LogP) is 5.54. The van der Waals surface area contributed by atoms with Crippen molar-refractivity contribution < 1.29 is 33.8 Å². The summed E-state index contributed by atoms with van der Waals surface area (Å²) < 4.78 is 12.9. The standard InChI is InChI=1S/C39H48ClN3O7/c1-4-6-16-31(45)41-26(3)34(27-14-10-9-11-15-27)49-38(48)32-30-21-22-39(50-30)33(32)36(46)43(24-12-7-8-13-25-44)35(39)37(47)42(23-5-2)29-19-17-28(40)18-20-29/h4-5,9-11,14-15,17-20,26,30,32-35,44H,1-2,6-8,12-13,16,21-25H2,3H3,(H,41,45)/t26-,30+,32-,33-,34-,35+,39-/m0/s1. The fraction of sp³-hybridized carbons (Fsp3) is 0.487. The molecule has 5 rings (SSSR count). The van der Waals surface area contributed by atoms with Crippen LogP contribution in [0.2, 0.25) is 5.02 Å². The SMILES string of the molecule is C=CCCC(=O)N[C@@H](C)[C@H](OC(=O)[C@@H]1[C@H]2C(=O)N(CCCCCCO)[C@H](C(=O)N(CC=C)c3ccc(Cl)cc3)[C@]23CC[C@H]1O3)c1ccccc1. The second kappa shape index (κ2) is 16.8. The lowest BCUT2D eigenvalue weighted by molar-refractivity contribution is -0.162. The Morgan fingerprint density at radius 1 is 1.10 bits per heavy atom. The van der Waals surface area contributed by atoms with Crippen LogP contribution in [0.3, 0.4) is 0 Å². The minimum atomic E-state index is -1.22. The molecule has 1 spiro atoms. The average molecular weight is 706 g/mol. The van der Waals surface area contributed by atoms with Crippen molar-refractivity contribution in [3.05, 3.63) is 90.5 Å². The molecule has 268 valence electrons. The van der Waals surface area contributed by atoms with Gasteiger partial charge in [-0.2, -0.15) is 0 Å². The molecule has 0 saturated carbocycles. The van der Waals surface area contributed by atoms with Gasteiger partial charge in [0, 0.05) is 36.8 Å². The molecule has 2 N–H and O–H groups in total. The highest BCUT2D eigenvalue weighted by molar-refractivity contribution is 6.30. The van der Waals surface area contributed by atoms with Crippen molar-refractivity contribution in [3.8, 4) is 0 Å². The normalized spacial score (nSPS) is 24.7. The number of carbonyl (C=O) groups is 4. The summed E-state index contributed by atoms with van der Waals surface area (Å²) >= 11 is 6.16. The summed E-state index contributed by atoms with van der Waals surface area (Å²) in [5.41, 5.74) is 0.0917. The van der Waals surface area contributed by atoms with Crippen molar-refractivity contribution in [2.24, 2.45) is 11.8 Å². The van der Waals surface area contributed by atoms with E-state index < -0.39 is 47.7 Å². The van der Waals surface area contributed by atoms with Crippen LogP contribution in [0.1, 0.15) is 70.0 Å². The molecule has 3 amide bonds. The number of nitrogens with one attached hydrogen (secondary N) is 1. The smallest absolute Gasteiger partial charge is 0.313 e. The molecule has 3 aliphatic rings. The van der Waals surface area contributed by atoms with Crippen LogP contribution < -0.4 is 10.2 Å². The molecule has 2 aromatic rings. The molecule has 2 bridgehead atoms.